The molecule has 0 spiro atoms. The molecule has 0 saturated heterocycles. The first-order chi connectivity index (χ1) is 8.32. The lowest BCUT2D eigenvalue weighted by Crippen LogP contribution is -2.40. The van der Waals surface area contributed by atoms with Crippen LogP contribution in [0.3, 0.4) is 0 Å². The third-order valence-electron chi connectivity index (χ3n) is 2.35. The van der Waals surface area contributed by atoms with Crippen molar-refractivity contribution in [3.8, 4) is 0 Å². The SMILES string of the molecule is CC(C)N(CC(=O)O)C(=O)c1ccc(I)cc1Cl. The van der Waals surface area contributed by atoms with E-state index in [0.717, 1.165) is 3.57 Å². The number of hydrogen-bond acceptors (Lipinski definition) is 2. The summed E-state index contributed by atoms with van der Waals surface area (Å²) >= 11 is 8.10. The minimum absolute atomic E-state index is 0.205. The molecule has 0 fully saturated rings. The second-order valence-electron chi connectivity index (χ2n) is 4.04. The van der Waals surface area contributed by atoms with E-state index < -0.39 is 5.97 Å². The molecular formula is C12H13ClINO3. The van der Waals surface area contributed by atoms with Crippen molar-refractivity contribution in [2.45, 2.75) is 19.9 Å². The highest BCUT2D eigenvalue weighted by Crippen LogP contribution is 2.21. The highest BCUT2D eigenvalue weighted by molar-refractivity contribution is 14.1. The average molecular weight is 382 g/mol. The first-order valence-corrected chi connectivity index (χ1v) is 6.76. The number of halogens is 2. The van der Waals surface area contributed by atoms with Crippen molar-refractivity contribution in [2.24, 2.45) is 0 Å². The number of carbonyl (C=O) groups is 2. The van der Waals surface area contributed by atoms with Crippen LogP contribution in [0.25, 0.3) is 0 Å². The van der Waals surface area contributed by atoms with Crippen molar-refractivity contribution in [3.63, 3.8) is 0 Å². The number of rotatable bonds is 4. The van der Waals surface area contributed by atoms with Gasteiger partial charge in [0.15, 0.2) is 0 Å². The van der Waals surface area contributed by atoms with Crippen molar-refractivity contribution in [2.75, 3.05) is 6.54 Å². The van der Waals surface area contributed by atoms with E-state index in [-0.39, 0.29) is 18.5 Å². The molecule has 1 rings (SSSR count). The molecule has 0 aromatic heterocycles. The molecule has 18 heavy (non-hydrogen) atoms. The van der Waals surface area contributed by atoms with E-state index in [1.54, 1.807) is 32.0 Å². The zero-order chi connectivity index (χ0) is 13.9. The molecule has 0 atom stereocenters. The summed E-state index contributed by atoms with van der Waals surface area (Å²) < 4.78 is 0.920. The van der Waals surface area contributed by atoms with Gasteiger partial charge in [0.2, 0.25) is 0 Å². The van der Waals surface area contributed by atoms with Crippen LogP contribution in [-0.4, -0.2) is 34.5 Å². The van der Waals surface area contributed by atoms with Crippen LogP contribution in [0.4, 0.5) is 0 Å². The smallest absolute Gasteiger partial charge is 0.323 e. The van der Waals surface area contributed by atoms with E-state index in [1.807, 2.05) is 0 Å². The molecule has 98 valence electrons. The summed E-state index contributed by atoms with van der Waals surface area (Å²) in [5.41, 5.74) is 0.326. The van der Waals surface area contributed by atoms with Gasteiger partial charge in [0.1, 0.15) is 6.54 Å². The van der Waals surface area contributed by atoms with Crippen molar-refractivity contribution in [1.29, 1.82) is 0 Å². The number of aliphatic carboxylic acids is 1. The lowest BCUT2D eigenvalue weighted by Gasteiger charge is -2.25. The predicted molar refractivity (Wildman–Crippen MR) is 78.0 cm³/mol. The Hall–Kier alpha value is -0.820. The Morgan fingerprint density at radius 3 is 2.50 bits per heavy atom. The van der Waals surface area contributed by atoms with Gasteiger partial charge < -0.3 is 10.0 Å². The maximum absolute atomic E-state index is 12.2. The lowest BCUT2D eigenvalue weighted by molar-refractivity contribution is -0.138. The standard InChI is InChI=1S/C12H13ClINO3/c1-7(2)15(6-11(16)17)12(18)9-4-3-8(14)5-10(9)13/h3-5,7H,6H2,1-2H3,(H,16,17). The Labute approximate surface area is 124 Å². The fourth-order valence-electron chi connectivity index (χ4n) is 1.45. The number of carboxylic acids is 1. The molecule has 1 aromatic carbocycles. The lowest BCUT2D eigenvalue weighted by atomic mass is 10.1. The molecule has 6 heteroatoms. The molecular weight excluding hydrogens is 368 g/mol. The molecule has 0 radical (unpaired) electrons. The largest absolute Gasteiger partial charge is 0.480 e. The van der Waals surface area contributed by atoms with E-state index >= 15 is 0 Å². The van der Waals surface area contributed by atoms with E-state index in [1.165, 1.54) is 4.90 Å². The summed E-state index contributed by atoms with van der Waals surface area (Å²) in [6, 6.07) is 4.85. The third-order valence-corrected chi connectivity index (χ3v) is 3.34. The molecule has 1 N–H and O–H groups in total. The molecule has 0 aliphatic heterocycles. The van der Waals surface area contributed by atoms with Crippen molar-refractivity contribution < 1.29 is 14.7 Å². The number of benzene rings is 1. The van der Waals surface area contributed by atoms with Gasteiger partial charge in [-0.2, -0.15) is 0 Å². The second kappa shape index (κ2) is 6.38. The minimum Gasteiger partial charge on any atom is -0.480 e. The number of nitrogens with zero attached hydrogens (tertiary/aromatic N) is 1. The minimum atomic E-state index is -1.04. The van der Waals surface area contributed by atoms with Crippen LogP contribution >= 0.6 is 34.2 Å². The predicted octanol–water partition coefficient (Wildman–Crippen LogP) is 2.88. The number of amides is 1. The first kappa shape index (κ1) is 15.2. The molecule has 0 unspecified atom stereocenters. The van der Waals surface area contributed by atoms with E-state index in [2.05, 4.69) is 22.6 Å². The number of carbonyl (C=O) groups excluding carboxylic acids is 1. The quantitative estimate of drug-likeness (QED) is 0.816. The maximum Gasteiger partial charge on any atom is 0.323 e. The Morgan fingerprint density at radius 1 is 1.44 bits per heavy atom. The summed E-state index contributed by atoms with van der Waals surface area (Å²) in [5.74, 6) is -1.41. The summed E-state index contributed by atoms with van der Waals surface area (Å²) in [5, 5.41) is 9.15. The van der Waals surface area contributed by atoms with Crippen LogP contribution in [0.15, 0.2) is 18.2 Å². The molecule has 4 nitrogen and oxygen atoms in total. The van der Waals surface area contributed by atoms with Gasteiger partial charge in [-0.05, 0) is 54.6 Å². The van der Waals surface area contributed by atoms with Crippen LogP contribution in [0.1, 0.15) is 24.2 Å². The van der Waals surface area contributed by atoms with Gasteiger partial charge in [-0.1, -0.05) is 11.6 Å². The van der Waals surface area contributed by atoms with Crippen LogP contribution in [0.2, 0.25) is 5.02 Å². The number of hydrogen-bond donors (Lipinski definition) is 1. The third kappa shape index (κ3) is 3.84. The Kier molecular flexibility index (Phi) is 5.40. The highest BCUT2D eigenvalue weighted by Gasteiger charge is 2.23. The van der Waals surface area contributed by atoms with Gasteiger partial charge in [0.05, 0.1) is 10.6 Å². The first-order valence-electron chi connectivity index (χ1n) is 5.30. The normalized spacial score (nSPS) is 10.5. The highest BCUT2D eigenvalue weighted by atomic mass is 127. The number of carboxylic acid groups (broad SMARTS) is 1. The molecule has 0 saturated carbocycles. The van der Waals surface area contributed by atoms with Gasteiger partial charge in [-0.15, -0.1) is 0 Å². The van der Waals surface area contributed by atoms with Crippen molar-refractivity contribution in [3.05, 3.63) is 32.4 Å². The van der Waals surface area contributed by atoms with Crippen LogP contribution < -0.4 is 0 Å². The topological polar surface area (TPSA) is 57.6 Å². The Morgan fingerprint density at radius 2 is 2.06 bits per heavy atom. The molecule has 1 aromatic rings. The van der Waals surface area contributed by atoms with Crippen LogP contribution in [0, 0.1) is 3.57 Å². The van der Waals surface area contributed by atoms with Gasteiger partial charge in [0.25, 0.3) is 5.91 Å². The van der Waals surface area contributed by atoms with Gasteiger partial charge in [-0.3, -0.25) is 9.59 Å². The molecule has 0 bridgehead atoms. The van der Waals surface area contributed by atoms with Gasteiger partial charge >= 0.3 is 5.97 Å². The van der Waals surface area contributed by atoms with Crippen LogP contribution in [-0.2, 0) is 4.79 Å². The van der Waals surface area contributed by atoms with E-state index in [9.17, 15) is 9.59 Å². The molecule has 0 aliphatic carbocycles. The summed E-state index contributed by atoms with van der Waals surface area (Å²) in [7, 11) is 0. The molecule has 0 aliphatic rings. The van der Waals surface area contributed by atoms with Gasteiger partial charge in [-0.25, -0.2) is 0 Å². The van der Waals surface area contributed by atoms with E-state index in [0.29, 0.717) is 10.6 Å². The summed E-state index contributed by atoms with van der Waals surface area (Å²) in [6.07, 6.45) is 0. The maximum atomic E-state index is 12.2. The fourth-order valence-corrected chi connectivity index (χ4v) is 2.39. The average Bonchev–Trinajstić information content (AvgIpc) is 2.24. The summed E-state index contributed by atoms with van der Waals surface area (Å²) in [6.45, 7) is 3.20. The Bertz CT molecular complexity index is 476. The van der Waals surface area contributed by atoms with Crippen molar-refractivity contribution in [1.82, 2.24) is 4.90 Å². The molecule has 0 heterocycles. The van der Waals surface area contributed by atoms with Gasteiger partial charge in [0, 0.05) is 9.61 Å². The zero-order valence-corrected chi connectivity index (χ0v) is 12.9. The second-order valence-corrected chi connectivity index (χ2v) is 5.70. The summed E-state index contributed by atoms with van der Waals surface area (Å²) in [4.78, 5) is 24.3. The zero-order valence-electron chi connectivity index (χ0n) is 9.98. The van der Waals surface area contributed by atoms with E-state index in [4.69, 9.17) is 16.7 Å². The fraction of sp³-hybridized carbons (Fsp3) is 0.333. The van der Waals surface area contributed by atoms with Crippen molar-refractivity contribution >= 4 is 46.1 Å². The Balaban J connectivity index is 3.05. The monoisotopic (exact) mass is 381 g/mol. The molecule has 1 amide bonds. The van der Waals surface area contributed by atoms with Crippen LogP contribution in [0.5, 0.6) is 0 Å².